The van der Waals surface area contributed by atoms with Crippen molar-refractivity contribution < 1.29 is 0 Å². The number of hydrogen-bond acceptors (Lipinski definition) is 1. The summed E-state index contributed by atoms with van der Waals surface area (Å²) in [7, 11) is 0. The van der Waals surface area contributed by atoms with Gasteiger partial charge in [-0.3, -0.25) is 0 Å². The van der Waals surface area contributed by atoms with Gasteiger partial charge in [-0.1, -0.05) is 25.0 Å². The van der Waals surface area contributed by atoms with E-state index >= 15 is 0 Å². The quantitative estimate of drug-likeness (QED) is 0.837. The first-order chi connectivity index (χ1) is 8.70. The number of rotatable bonds is 3. The summed E-state index contributed by atoms with van der Waals surface area (Å²) in [5, 5.41) is 4.38. The van der Waals surface area contributed by atoms with E-state index in [1.165, 1.54) is 36.9 Å². The fourth-order valence-corrected chi connectivity index (χ4v) is 2.96. The Balaban J connectivity index is 2.05. The summed E-state index contributed by atoms with van der Waals surface area (Å²) in [6, 6.07) is 9.10. The highest BCUT2D eigenvalue weighted by molar-refractivity contribution is 7.80. The summed E-state index contributed by atoms with van der Waals surface area (Å²) >= 11 is 5.55. The molecular weight excluding hydrogens is 240 g/mol. The molecule has 1 N–H and O–H groups in total. The molecule has 1 saturated carbocycles. The molecule has 0 heterocycles. The molecule has 98 valence electrons. The van der Waals surface area contributed by atoms with Crippen LogP contribution in [0.2, 0.25) is 0 Å². The Hall–Kier alpha value is -1.09. The third-order valence-corrected chi connectivity index (χ3v) is 3.90. The number of anilines is 1. The Morgan fingerprint density at radius 1 is 1.39 bits per heavy atom. The van der Waals surface area contributed by atoms with Crippen LogP contribution in [-0.2, 0) is 0 Å². The summed E-state index contributed by atoms with van der Waals surface area (Å²) < 4.78 is 0. The van der Waals surface area contributed by atoms with Crippen LogP contribution in [0.3, 0.4) is 0 Å². The van der Waals surface area contributed by atoms with Crippen LogP contribution in [0, 0.1) is 6.92 Å². The monoisotopic (exact) mass is 262 g/mol. The van der Waals surface area contributed by atoms with Crippen LogP contribution in [0.15, 0.2) is 24.3 Å². The summed E-state index contributed by atoms with van der Waals surface area (Å²) in [6.07, 6.45) is 5.17. The van der Waals surface area contributed by atoms with Crippen molar-refractivity contribution in [2.45, 2.75) is 45.6 Å². The summed E-state index contributed by atoms with van der Waals surface area (Å²) in [5.74, 6) is 0. The Bertz CT molecular complexity index is 411. The average Bonchev–Trinajstić information content (AvgIpc) is 2.83. The van der Waals surface area contributed by atoms with Gasteiger partial charge < -0.3 is 10.2 Å². The molecule has 2 nitrogen and oxygen atoms in total. The number of nitrogens with one attached hydrogen (secondary N) is 1. The molecule has 1 fully saturated rings. The van der Waals surface area contributed by atoms with E-state index in [1.807, 2.05) is 0 Å². The highest BCUT2D eigenvalue weighted by Gasteiger charge is 2.18. The SMILES string of the molecule is CCN(C(=S)NC1CCCC1)c1cccc(C)c1. The van der Waals surface area contributed by atoms with Crippen molar-refractivity contribution >= 4 is 23.0 Å². The van der Waals surface area contributed by atoms with Crippen molar-refractivity contribution in [1.82, 2.24) is 5.32 Å². The Morgan fingerprint density at radius 2 is 2.11 bits per heavy atom. The van der Waals surface area contributed by atoms with Gasteiger partial charge >= 0.3 is 0 Å². The molecule has 0 aromatic heterocycles. The summed E-state index contributed by atoms with van der Waals surface area (Å²) in [6.45, 7) is 5.16. The average molecular weight is 262 g/mol. The minimum Gasteiger partial charge on any atom is -0.360 e. The molecule has 1 aromatic rings. The van der Waals surface area contributed by atoms with Crippen molar-refractivity contribution in [1.29, 1.82) is 0 Å². The van der Waals surface area contributed by atoms with Gasteiger partial charge in [-0.25, -0.2) is 0 Å². The molecule has 0 amide bonds. The number of hydrogen-bond donors (Lipinski definition) is 1. The molecule has 0 radical (unpaired) electrons. The Labute approximate surface area is 115 Å². The first-order valence-corrected chi connectivity index (χ1v) is 7.26. The molecule has 0 spiro atoms. The number of aryl methyl sites for hydroxylation is 1. The second-order valence-electron chi connectivity index (χ2n) is 5.01. The van der Waals surface area contributed by atoms with Crippen LogP contribution in [0.25, 0.3) is 0 Å². The standard InChI is InChI=1S/C15H22N2S/c1-3-17(14-10-6-7-12(2)11-14)15(18)16-13-8-4-5-9-13/h6-7,10-11,13H,3-5,8-9H2,1-2H3,(H,16,18). The van der Waals surface area contributed by atoms with Gasteiger partial charge in [-0.15, -0.1) is 0 Å². The van der Waals surface area contributed by atoms with Crippen molar-refractivity contribution in [3.05, 3.63) is 29.8 Å². The maximum absolute atomic E-state index is 5.55. The fraction of sp³-hybridized carbons (Fsp3) is 0.533. The molecule has 0 unspecified atom stereocenters. The van der Waals surface area contributed by atoms with Crippen LogP contribution in [-0.4, -0.2) is 17.7 Å². The van der Waals surface area contributed by atoms with E-state index < -0.39 is 0 Å². The molecule has 1 aliphatic carbocycles. The normalized spacial score (nSPS) is 15.7. The highest BCUT2D eigenvalue weighted by atomic mass is 32.1. The van der Waals surface area contributed by atoms with Gasteiger partial charge in [-0.2, -0.15) is 0 Å². The zero-order chi connectivity index (χ0) is 13.0. The van der Waals surface area contributed by atoms with E-state index in [1.54, 1.807) is 0 Å². The maximum Gasteiger partial charge on any atom is 0.173 e. The largest absolute Gasteiger partial charge is 0.360 e. The number of benzene rings is 1. The van der Waals surface area contributed by atoms with Gasteiger partial charge in [0, 0.05) is 18.3 Å². The second-order valence-corrected chi connectivity index (χ2v) is 5.40. The van der Waals surface area contributed by atoms with Gasteiger partial charge in [-0.05, 0) is 56.6 Å². The fourth-order valence-electron chi connectivity index (χ4n) is 2.56. The van der Waals surface area contributed by atoms with Crippen molar-refractivity contribution in [3.63, 3.8) is 0 Å². The molecule has 1 aromatic carbocycles. The Kier molecular flexibility index (Phi) is 4.59. The lowest BCUT2D eigenvalue weighted by molar-refractivity contribution is 0.628. The lowest BCUT2D eigenvalue weighted by Gasteiger charge is -2.27. The molecule has 1 aliphatic rings. The van der Waals surface area contributed by atoms with E-state index in [4.69, 9.17) is 12.2 Å². The molecular formula is C15H22N2S. The van der Waals surface area contributed by atoms with Crippen molar-refractivity contribution in [3.8, 4) is 0 Å². The van der Waals surface area contributed by atoms with E-state index in [2.05, 4.69) is 48.3 Å². The third kappa shape index (κ3) is 3.22. The lowest BCUT2D eigenvalue weighted by atomic mass is 10.2. The molecule has 2 rings (SSSR count). The molecule has 0 saturated heterocycles. The van der Waals surface area contributed by atoms with Gasteiger partial charge in [0.25, 0.3) is 0 Å². The van der Waals surface area contributed by atoms with Crippen LogP contribution in [0.5, 0.6) is 0 Å². The second kappa shape index (κ2) is 6.19. The van der Waals surface area contributed by atoms with Crippen LogP contribution in [0.4, 0.5) is 5.69 Å². The van der Waals surface area contributed by atoms with Crippen LogP contribution >= 0.6 is 12.2 Å². The van der Waals surface area contributed by atoms with Gasteiger partial charge in [0.1, 0.15) is 0 Å². The summed E-state index contributed by atoms with van der Waals surface area (Å²) in [5.41, 5.74) is 2.46. The zero-order valence-corrected chi connectivity index (χ0v) is 12.1. The molecule has 0 bridgehead atoms. The van der Waals surface area contributed by atoms with Crippen molar-refractivity contribution in [2.24, 2.45) is 0 Å². The molecule has 3 heteroatoms. The maximum atomic E-state index is 5.55. The van der Waals surface area contributed by atoms with Gasteiger partial charge in [0.15, 0.2) is 5.11 Å². The first-order valence-electron chi connectivity index (χ1n) is 6.85. The van der Waals surface area contributed by atoms with Gasteiger partial charge in [0.05, 0.1) is 0 Å². The zero-order valence-electron chi connectivity index (χ0n) is 11.3. The van der Waals surface area contributed by atoms with E-state index in [0.717, 1.165) is 11.7 Å². The van der Waals surface area contributed by atoms with E-state index in [-0.39, 0.29) is 0 Å². The predicted molar refractivity (Wildman–Crippen MR) is 82.2 cm³/mol. The van der Waals surface area contributed by atoms with Crippen LogP contribution < -0.4 is 10.2 Å². The minimum absolute atomic E-state index is 0.580. The topological polar surface area (TPSA) is 15.3 Å². The van der Waals surface area contributed by atoms with Crippen LogP contribution in [0.1, 0.15) is 38.2 Å². The first kappa shape index (κ1) is 13.3. The lowest BCUT2D eigenvalue weighted by Crippen LogP contribution is -2.43. The highest BCUT2D eigenvalue weighted by Crippen LogP contribution is 2.20. The molecule has 0 atom stereocenters. The van der Waals surface area contributed by atoms with E-state index in [9.17, 15) is 0 Å². The minimum atomic E-state index is 0.580. The third-order valence-electron chi connectivity index (χ3n) is 3.56. The van der Waals surface area contributed by atoms with Gasteiger partial charge in [0.2, 0.25) is 0 Å². The van der Waals surface area contributed by atoms with Crippen molar-refractivity contribution in [2.75, 3.05) is 11.4 Å². The molecule has 0 aliphatic heterocycles. The smallest absolute Gasteiger partial charge is 0.173 e. The number of nitrogens with zero attached hydrogens (tertiary/aromatic N) is 1. The molecule has 18 heavy (non-hydrogen) atoms. The Morgan fingerprint density at radius 3 is 2.72 bits per heavy atom. The summed E-state index contributed by atoms with van der Waals surface area (Å²) in [4.78, 5) is 2.18. The number of thiocarbonyl (C=S) groups is 1. The predicted octanol–water partition coefficient (Wildman–Crippen LogP) is 3.64. The van der Waals surface area contributed by atoms with E-state index in [0.29, 0.717) is 6.04 Å².